The van der Waals surface area contributed by atoms with Crippen LogP contribution in [0.5, 0.6) is 0 Å². The van der Waals surface area contributed by atoms with Gasteiger partial charge in [0.05, 0.1) is 10.8 Å². The summed E-state index contributed by atoms with van der Waals surface area (Å²) in [5.41, 5.74) is 0.587. The molecule has 2 unspecified atom stereocenters. The molecule has 0 aliphatic carbocycles. The van der Waals surface area contributed by atoms with Gasteiger partial charge in [-0.15, -0.1) is 0 Å². The van der Waals surface area contributed by atoms with Crippen LogP contribution < -0.4 is 5.32 Å². The number of rotatable bonds is 5. The highest BCUT2D eigenvalue weighted by Gasteiger charge is 2.39. The highest BCUT2D eigenvalue weighted by atomic mass is 32.2. The van der Waals surface area contributed by atoms with Crippen molar-refractivity contribution in [1.82, 2.24) is 0 Å². The van der Waals surface area contributed by atoms with Crippen LogP contribution in [0.2, 0.25) is 0 Å². The number of nitrogens with one attached hydrogen (secondary N) is 1. The lowest BCUT2D eigenvalue weighted by molar-refractivity contribution is -0.139. The minimum absolute atomic E-state index is 0.459. The normalized spacial score (nSPS) is 14.5. The quantitative estimate of drug-likeness (QED) is 0.860. The first-order chi connectivity index (χ1) is 8.76. The van der Waals surface area contributed by atoms with Gasteiger partial charge in [0, 0.05) is 5.69 Å². The van der Waals surface area contributed by atoms with E-state index >= 15 is 0 Å². The zero-order valence-electron chi connectivity index (χ0n) is 11.0. The van der Waals surface area contributed by atoms with Gasteiger partial charge < -0.3 is 10.4 Å². The SMILES string of the molecule is CC(C(=O)Nc1ccccc1)S(=O)C(C)(C)C(=O)O. The molecule has 1 amide bonds. The Balaban J connectivity index is 2.78. The lowest BCUT2D eigenvalue weighted by Gasteiger charge is -2.22. The molecule has 1 rings (SSSR count). The standard InChI is InChI=1S/C13H17NO4S/c1-9(19(18)13(2,3)12(16)17)11(15)14-10-7-5-4-6-8-10/h4-9H,1-3H3,(H,14,15)(H,16,17). The molecule has 19 heavy (non-hydrogen) atoms. The first kappa shape index (κ1) is 15.4. The summed E-state index contributed by atoms with van der Waals surface area (Å²) in [6.45, 7) is 4.15. The summed E-state index contributed by atoms with van der Waals surface area (Å²) >= 11 is 0. The van der Waals surface area contributed by atoms with Gasteiger partial charge in [0.15, 0.2) is 0 Å². The van der Waals surface area contributed by atoms with Crippen molar-refractivity contribution >= 4 is 28.4 Å². The molecule has 6 heteroatoms. The van der Waals surface area contributed by atoms with Crippen molar-refractivity contribution in [2.75, 3.05) is 5.32 Å². The number of carboxylic acid groups (broad SMARTS) is 1. The molecule has 0 saturated carbocycles. The van der Waals surface area contributed by atoms with Crippen molar-refractivity contribution in [3.05, 3.63) is 30.3 Å². The number of carboxylic acids is 1. The molecule has 5 nitrogen and oxygen atoms in total. The average molecular weight is 283 g/mol. The first-order valence-corrected chi connectivity index (χ1v) is 6.98. The Labute approximate surface area is 114 Å². The summed E-state index contributed by atoms with van der Waals surface area (Å²) in [6, 6.07) is 8.74. The first-order valence-electron chi connectivity index (χ1n) is 5.77. The number of aliphatic carboxylic acids is 1. The van der Waals surface area contributed by atoms with Crippen LogP contribution >= 0.6 is 0 Å². The number of benzene rings is 1. The third kappa shape index (κ3) is 3.64. The second-order valence-corrected chi connectivity index (χ2v) is 6.93. The number of carbonyl (C=O) groups is 2. The Hall–Kier alpha value is -1.69. The second kappa shape index (κ2) is 5.97. The van der Waals surface area contributed by atoms with E-state index in [0.29, 0.717) is 5.69 Å². The summed E-state index contributed by atoms with van der Waals surface area (Å²) in [5.74, 6) is -1.65. The maximum Gasteiger partial charge on any atom is 0.321 e. The number of hydrogen-bond donors (Lipinski definition) is 2. The molecule has 0 aromatic heterocycles. The van der Waals surface area contributed by atoms with Gasteiger partial charge in [-0.05, 0) is 32.9 Å². The van der Waals surface area contributed by atoms with Crippen LogP contribution in [-0.2, 0) is 20.4 Å². The molecule has 0 aliphatic heterocycles. The third-order valence-corrected chi connectivity index (χ3v) is 4.79. The fourth-order valence-corrected chi connectivity index (χ4v) is 2.70. The van der Waals surface area contributed by atoms with Gasteiger partial charge in [0.1, 0.15) is 10.00 Å². The summed E-state index contributed by atoms with van der Waals surface area (Å²) in [5, 5.41) is 10.7. The van der Waals surface area contributed by atoms with E-state index in [9.17, 15) is 13.8 Å². The highest BCUT2D eigenvalue weighted by molar-refractivity contribution is 7.88. The molecular weight excluding hydrogens is 266 g/mol. The molecule has 0 fully saturated rings. The van der Waals surface area contributed by atoms with E-state index in [2.05, 4.69) is 5.32 Å². The number of para-hydroxylation sites is 1. The summed E-state index contributed by atoms with van der Waals surface area (Å²) in [7, 11) is -1.82. The van der Waals surface area contributed by atoms with Crippen molar-refractivity contribution < 1.29 is 18.9 Å². The minimum atomic E-state index is -1.82. The van der Waals surface area contributed by atoms with Gasteiger partial charge in [-0.2, -0.15) is 0 Å². The molecule has 2 N–H and O–H groups in total. The van der Waals surface area contributed by atoms with Crippen molar-refractivity contribution in [1.29, 1.82) is 0 Å². The predicted octanol–water partition coefficient (Wildman–Crippen LogP) is 1.63. The molecule has 104 valence electrons. The van der Waals surface area contributed by atoms with E-state index in [0.717, 1.165) is 0 Å². The van der Waals surface area contributed by atoms with Crippen LogP contribution in [0.4, 0.5) is 5.69 Å². The molecule has 1 aromatic carbocycles. The topological polar surface area (TPSA) is 83.5 Å². The van der Waals surface area contributed by atoms with Crippen LogP contribution in [0.15, 0.2) is 30.3 Å². The molecule has 2 atom stereocenters. The van der Waals surface area contributed by atoms with Crippen LogP contribution in [0, 0.1) is 0 Å². The molecule has 0 bridgehead atoms. The number of amides is 1. The molecule has 1 aromatic rings. The lowest BCUT2D eigenvalue weighted by Crippen LogP contribution is -2.44. The minimum Gasteiger partial charge on any atom is -0.480 e. The van der Waals surface area contributed by atoms with E-state index in [1.165, 1.54) is 20.8 Å². The average Bonchev–Trinajstić information content (AvgIpc) is 2.37. The third-order valence-electron chi connectivity index (χ3n) is 2.75. The monoisotopic (exact) mass is 283 g/mol. The zero-order valence-corrected chi connectivity index (χ0v) is 11.9. The molecule has 0 radical (unpaired) electrons. The largest absolute Gasteiger partial charge is 0.480 e. The van der Waals surface area contributed by atoms with Crippen LogP contribution in [0.25, 0.3) is 0 Å². The number of hydrogen-bond acceptors (Lipinski definition) is 3. The van der Waals surface area contributed by atoms with Gasteiger partial charge in [0.2, 0.25) is 5.91 Å². The molecular formula is C13H17NO4S. The Morgan fingerprint density at radius 3 is 2.26 bits per heavy atom. The van der Waals surface area contributed by atoms with Crippen molar-refractivity contribution in [3.63, 3.8) is 0 Å². The maximum atomic E-state index is 12.1. The molecule has 0 spiro atoms. The number of anilines is 1. The van der Waals surface area contributed by atoms with E-state index in [1.54, 1.807) is 24.3 Å². The maximum absolute atomic E-state index is 12.1. The molecule has 0 saturated heterocycles. The van der Waals surface area contributed by atoms with E-state index in [4.69, 9.17) is 5.11 Å². The van der Waals surface area contributed by atoms with Gasteiger partial charge in [-0.25, -0.2) is 0 Å². The Morgan fingerprint density at radius 2 is 1.79 bits per heavy atom. The Morgan fingerprint density at radius 1 is 1.26 bits per heavy atom. The Bertz CT molecular complexity index is 499. The molecule has 0 aliphatic rings. The fourth-order valence-electron chi connectivity index (χ4n) is 1.39. The summed E-state index contributed by atoms with van der Waals surface area (Å²) < 4.78 is 10.6. The van der Waals surface area contributed by atoms with E-state index < -0.39 is 32.7 Å². The van der Waals surface area contributed by atoms with Crippen molar-refractivity contribution in [2.24, 2.45) is 0 Å². The predicted molar refractivity (Wildman–Crippen MR) is 74.4 cm³/mol. The van der Waals surface area contributed by atoms with E-state index in [1.807, 2.05) is 6.07 Å². The van der Waals surface area contributed by atoms with Crippen molar-refractivity contribution in [2.45, 2.75) is 30.8 Å². The number of carbonyl (C=O) groups excluding carboxylic acids is 1. The van der Waals surface area contributed by atoms with Crippen LogP contribution in [0.1, 0.15) is 20.8 Å². The van der Waals surface area contributed by atoms with Crippen LogP contribution in [0.3, 0.4) is 0 Å². The smallest absolute Gasteiger partial charge is 0.321 e. The Kier molecular flexibility index (Phi) is 4.83. The van der Waals surface area contributed by atoms with Crippen molar-refractivity contribution in [3.8, 4) is 0 Å². The summed E-state index contributed by atoms with van der Waals surface area (Å²) in [4.78, 5) is 22.9. The molecule has 0 heterocycles. The lowest BCUT2D eigenvalue weighted by atomic mass is 10.2. The van der Waals surface area contributed by atoms with Crippen LogP contribution in [-0.4, -0.2) is 31.2 Å². The zero-order chi connectivity index (χ0) is 14.6. The van der Waals surface area contributed by atoms with Gasteiger partial charge in [-0.1, -0.05) is 18.2 Å². The highest BCUT2D eigenvalue weighted by Crippen LogP contribution is 2.18. The van der Waals surface area contributed by atoms with Gasteiger partial charge in [-0.3, -0.25) is 13.8 Å². The van der Waals surface area contributed by atoms with Gasteiger partial charge >= 0.3 is 5.97 Å². The van der Waals surface area contributed by atoms with Gasteiger partial charge in [0.25, 0.3) is 0 Å². The van der Waals surface area contributed by atoms with E-state index in [-0.39, 0.29) is 0 Å². The second-order valence-electron chi connectivity index (χ2n) is 4.61. The summed E-state index contributed by atoms with van der Waals surface area (Å²) in [6.07, 6.45) is 0. The fraction of sp³-hybridized carbons (Fsp3) is 0.385.